The minimum absolute atomic E-state index is 0.0779. The Hall–Kier alpha value is -3.15. The fourth-order valence-electron chi connectivity index (χ4n) is 2.31. The van der Waals surface area contributed by atoms with E-state index in [1.54, 1.807) is 12.1 Å². The zero-order chi connectivity index (χ0) is 18.9. The Morgan fingerprint density at radius 1 is 1.19 bits per heavy atom. The molecule has 0 spiro atoms. The summed E-state index contributed by atoms with van der Waals surface area (Å²) in [5.74, 6) is 0.669. The molecule has 0 bridgehead atoms. The van der Waals surface area contributed by atoms with E-state index in [1.165, 1.54) is 12.1 Å². The first-order valence-corrected chi connectivity index (χ1v) is 8.43. The van der Waals surface area contributed by atoms with Crippen LogP contribution in [0.15, 0.2) is 71.7 Å². The summed E-state index contributed by atoms with van der Waals surface area (Å²) in [6.07, 6.45) is 0. The van der Waals surface area contributed by atoms with Gasteiger partial charge in [0.15, 0.2) is 5.96 Å². The maximum absolute atomic E-state index is 10.7. The van der Waals surface area contributed by atoms with Crippen molar-refractivity contribution in [1.82, 2.24) is 10.6 Å². The number of nitro benzene ring substituents is 1. The van der Waals surface area contributed by atoms with Crippen molar-refractivity contribution in [2.45, 2.75) is 26.4 Å². The molecule has 0 heterocycles. The SMILES string of the molecule is C=C(C)CNC(=NCc1ccc([N+](=O)[O-])cc1)NC(C)c1ccccc1. The number of benzene rings is 2. The minimum atomic E-state index is -0.407. The summed E-state index contributed by atoms with van der Waals surface area (Å²) in [5, 5.41) is 17.4. The molecule has 0 amide bonds. The molecule has 1 unspecified atom stereocenters. The Bertz CT molecular complexity index is 770. The second-order valence-corrected chi connectivity index (χ2v) is 6.18. The van der Waals surface area contributed by atoms with Gasteiger partial charge in [0.05, 0.1) is 17.5 Å². The third-order valence-electron chi connectivity index (χ3n) is 3.78. The smallest absolute Gasteiger partial charge is 0.269 e. The van der Waals surface area contributed by atoms with Gasteiger partial charge >= 0.3 is 0 Å². The first-order chi connectivity index (χ1) is 12.5. The average Bonchev–Trinajstić information content (AvgIpc) is 2.64. The average molecular weight is 352 g/mol. The maximum atomic E-state index is 10.7. The van der Waals surface area contributed by atoms with Crippen molar-refractivity contribution >= 4 is 11.6 Å². The molecule has 136 valence electrons. The molecule has 0 saturated heterocycles. The van der Waals surface area contributed by atoms with Crippen molar-refractivity contribution in [2.24, 2.45) is 4.99 Å². The monoisotopic (exact) mass is 352 g/mol. The van der Waals surface area contributed by atoms with Crippen LogP contribution in [0.1, 0.15) is 31.0 Å². The van der Waals surface area contributed by atoms with Gasteiger partial charge in [-0.25, -0.2) is 4.99 Å². The number of nitrogens with one attached hydrogen (secondary N) is 2. The number of nitrogens with zero attached hydrogens (tertiary/aromatic N) is 2. The Morgan fingerprint density at radius 3 is 2.42 bits per heavy atom. The maximum Gasteiger partial charge on any atom is 0.269 e. The van der Waals surface area contributed by atoms with Gasteiger partial charge in [0.1, 0.15) is 0 Å². The van der Waals surface area contributed by atoms with E-state index in [0.29, 0.717) is 19.0 Å². The van der Waals surface area contributed by atoms with E-state index in [2.05, 4.69) is 41.3 Å². The van der Waals surface area contributed by atoms with Gasteiger partial charge in [0.25, 0.3) is 5.69 Å². The zero-order valence-electron chi connectivity index (χ0n) is 15.1. The van der Waals surface area contributed by atoms with Crippen molar-refractivity contribution in [2.75, 3.05) is 6.54 Å². The Balaban J connectivity index is 2.08. The van der Waals surface area contributed by atoms with E-state index < -0.39 is 4.92 Å². The Kier molecular flexibility index (Phi) is 6.91. The number of hydrogen-bond acceptors (Lipinski definition) is 3. The number of non-ortho nitro benzene ring substituents is 1. The molecule has 0 fully saturated rings. The highest BCUT2D eigenvalue weighted by molar-refractivity contribution is 5.80. The van der Waals surface area contributed by atoms with E-state index >= 15 is 0 Å². The largest absolute Gasteiger partial charge is 0.353 e. The van der Waals surface area contributed by atoms with Crippen molar-refractivity contribution in [3.63, 3.8) is 0 Å². The quantitative estimate of drug-likeness (QED) is 0.260. The van der Waals surface area contributed by atoms with Gasteiger partial charge in [-0.15, -0.1) is 0 Å². The molecular formula is C20H24N4O2. The molecule has 0 radical (unpaired) electrons. The first-order valence-electron chi connectivity index (χ1n) is 8.43. The molecule has 0 aromatic heterocycles. The minimum Gasteiger partial charge on any atom is -0.353 e. The normalized spacial score (nSPS) is 12.3. The fraction of sp³-hybridized carbons (Fsp3) is 0.250. The predicted octanol–water partition coefficient (Wildman–Crippen LogP) is 3.97. The van der Waals surface area contributed by atoms with Crippen LogP contribution in [0, 0.1) is 10.1 Å². The lowest BCUT2D eigenvalue weighted by atomic mass is 10.1. The summed E-state index contributed by atoms with van der Waals surface area (Å²) < 4.78 is 0. The molecular weight excluding hydrogens is 328 g/mol. The van der Waals surface area contributed by atoms with Gasteiger partial charge in [-0.05, 0) is 25.0 Å². The lowest BCUT2D eigenvalue weighted by Gasteiger charge is -2.19. The number of aliphatic imine (C=N–C) groups is 1. The van der Waals surface area contributed by atoms with Crippen LogP contribution in [0.4, 0.5) is 5.69 Å². The number of guanidine groups is 1. The molecule has 0 aliphatic carbocycles. The number of hydrogen-bond donors (Lipinski definition) is 2. The van der Waals surface area contributed by atoms with E-state index in [-0.39, 0.29) is 11.7 Å². The summed E-state index contributed by atoms with van der Waals surface area (Å²) in [7, 11) is 0. The van der Waals surface area contributed by atoms with Gasteiger partial charge in [0.2, 0.25) is 0 Å². The van der Waals surface area contributed by atoms with Crippen LogP contribution in [-0.4, -0.2) is 17.4 Å². The molecule has 6 heteroatoms. The van der Waals surface area contributed by atoms with Crippen molar-refractivity contribution in [3.8, 4) is 0 Å². The molecule has 0 aliphatic rings. The molecule has 1 atom stereocenters. The van der Waals surface area contributed by atoms with Crippen LogP contribution in [0.2, 0.25) is 0 Å². The van der Waals surface area contributed by atoms with E-state index in [1.807, 2.05) is 25.1 Å². The predicted molar refractivity (Wildman–Crippen MR) is 105 cm³/mol. The van der Waals surface area contributed by atoms with Crippen LogP contribution in [0.5, 0.6) is 0 Å². The highest BCUT2D eigenvalue weighted by Gasteiger charge is 2.08. The van der Waals surface area contributed by atoms with E-state index in [0.717, 1.165) is 16.7 Å². The number of rotatable bonds is 7. The Labute approximate surface area is 153 Å². The zero-order valence-corrected chi connectivity index (χ0v) is 15.1. The van der Waals surface area contributed by atoms with Gasteiger partial charge in [-0.2, -0.15) is 0 Å². The van der Waals surface area contributed by atoms with Crippen molar-refractivity contribution < 1.29 is 4.92 Å². The van der Waals surface area contributed by atoms with Crippen LogP contribution >= 0.6 is 0 Å². The summed E-state index contributed by atoms with van der Waals surface area (Å²) in [6, 6.07) is 16.6. The fourth-order valence-corrected chi connectivity index (χ4v) is 2.31. The Morgan fingerprint density at radius 2 is 1.85 bits per heavy atom. The van der Waals surface area contributed by atoms with E-state index in [4.69, 9.17) is 0 Å². The lowest BCUT2D eigenvalue weighted by molar-refractivity contribution is -0.384. The van der Waals surface area contributed by atoms with Crippen molar-refractivity contribution in [3.05, 3.63) is 88.0 Å². The summed E-state index contributed by atoms with van der Waals surface area (Å²) in [5.41, 5.74) is 3.14. The van der Waals surface area contributed by atoms with Crippen LogP contribution < -0.4 is 10.6 Å². The second kappa shape index (κ2) is 9.36. The van der Waals surface area contributed by atoms with Gasteiger partial charge in [-0.1, -0.05) is 54.6 Å². The molecule has 0 saturated carbocycles. The lowest BCUT2D eigenvalue weighted by Crippen LogP contribution is -2.39. The van der Waals surface area contributed by atoms with Crippen LogP contribution in [0.25, 0.3) is 0 Å². The van der Waals surface area contributed by atoms with E-state index in [9.17, 15) is 10.1 Å². The molecule has 2 aromatic rings. The molecule has 26 heavy (non-hydrogen) atoms. The molecule has 2 N–H and O–H groups in total. The highest BCUT2D eigenvalue weighted by atomic mass is 16.6. The topological polar surface area (TPSA) is 79.6 Å². The van der Waals surface area contributed by atoms with Gasteiger partial charge in [-0.3, -0.25) is 10.1 Å². The van der Waals surface area contributed by atoms with Gasteiger partial charge in [0, 0.05) is 18.7 Å². The van der Waals surface area contributed by atoms with Crippen LogP contribution in [0.3, 0.4) is 0 Å². The molecule has 6 nitrogen and oxygen atoms in total. The summed E-state index contributed by atoms with van der Waals surface area (Å²) in [6.45, 7) is 8.95. The molecule has 0 aliphatic heterocycles. The molecule has 2 rings (SSSR count). The van der Waals surface area contributed by atoms with Crippen LogP contribution in [-0.2, 0) is 6.54 Å². The first kappa shape index (κ1) is 19.2. The van der Waals surface area contributed by atoms with Crippen molar-refractivity contribution in [1.29, 1.82) is 0 Å². The molecule has 2 aromatic carbocycles. The number of nitro groups is 1. The highest BCUT2D eigenvalue weighted by Crippen LogP contribution is 2.13. The van der Waals surface area contributed by atoms with Gasteiger partial charge < -0.3 is 10.6 Å². The standard InChI is InChI=1S/C20H24N4O2/c1-15(2)13-21-20(23-16(3)18-7-5-4-6-8-18)22-14-17-9-11-19(12-10-17)24(25)26/h4-12,16H,1,13-14H2,2-3H3,(H2,21,22,23). The second-order valence-electron chi connectivity index (χ2n) is 6.18. The summed E-state index contributed by atoms with van der Waals surface area (Å²) >= 11 is 0. The summed E-state index contributed by atoms with van der Waals surface area (Å²) in [4.78, 5) is 14.9. The third kappa shape index (κ3) is 6.05. The third-order valence-corrected chi connectivity index (χ3v) is 3.78.